The Morgan fingerprint density at radius 2 is 1.57 bits per heavy atom. The summed E-state index contributed by atoms with van der Waals surface area (Å²) in [5.74, 6) is 1.16. The van der Waals surface area contributed by atoms with Gasteiger partial charge in [0.25, 0.3) is 0 Å². The summed E-state index contributed by atoms with van der Waals surface area (Å²) in [6, 6.07) is 19.7. The molecule has 21 heavy (non-hydrogen) atoms. The largest absolute Gasteiger partial charge is 0.310 e. The average molecular weight is 346 g/mol. The van der Waals surface area contributed by atoms with Gasteiger partial charge in [0.15, 0.2) is 0 Å². The lowest BCUT2D eigenvalue weighted by Gasteiger charge is -2.24. The molecule has 112 valence electrons. The molecule has 0 heterocycles. The summed E-state index contributed by atoms with van der Waals surface area (Å²) >= 11 is 3.54. The van der Waals surface area contributed by atoms with Crippen molar-refractivity contribution >= 4 is 15.9 Å². The van der Waals surface area contributed by atoms with Gasteiger partial charge in [0, 0.05) is 17.1 Å². The van der Waals surface area contributed by atoms with E-state index in [1.54, 1.807) is 0 Å². The van der Waals surface area contributed by atoms with E-state index in [0.717, 1.165) is 11.0 Å². The fourth-order valence-corrected chi connectivity index (χ4v) is 3.05. The lowest BCUT2D eigenvalue weighted by molar-refractivity contribution is 0.436. The first-order chi connectivity index (χ1) is 10.1. The van der Waals surface area contributed by atoms with E-state index < -0.39 is 0 Å². The van der Waals surface area contributed by atoms with Gasteiger partial charge in [-0.1, -0.05) is 72.2 Å². The maximum atomic E-state index is 3.69. The first-order valence-corrected chi connectivity index (χ1v) is 8.41. The van der Waals surface area contributed by atoms with Gasteiger partial charge in [0.2, 0.25) is 0 Å². The molecule has 0 amide bonds. The van der Waals surface area contributed by atoms with Crippen molar-refractivity contribution in [3.8, 4) is 0 Å². The van der Waals surface area contributed by atoms with E-state index in [0.29, 0.717) is 17.9 Å². The van der Waals surface area contributed by atoms with Crippen LogP contribution < -0.4 is 5.32 Å². The maximum absolute atomic E-state index is 3.69. The van der Waals surface area contributed by atoms with Crippen LogP contribution in [0.25, 0.3) is 0 Å². The van der Waals surface area contributed by atoms with Crippen LogP contribution >= 0.6 is 15.9 Å². The highest BCUT2D eigenvalue weighted by Gasteiger charge is 2.16. The zero-order chi connectivity index (χ0) is 15.2. The van der Waals surface area contributed by atoms with Gasteiger partial charge >= 0.3 is 0 Å². The fourth-order valence-electron chi connectivity index (χ4n) is 2.64. The molecule has 0 aliphatic rings. The third kappa shape index (κ3) is 4.69. The molecule has 2 aromatic rings. The van der Waals surface area contributed by atoms with Gasteiger partial charge in [0.05, 0.1) is 0 Å². The van der Waals surface area contributed by atoms with Crippen molar-refractivity contribution in [1.82, 2.24) is 5.32 Å². The van der Waals surface area contributed by atoms with Gasteiger partial charge in [0.1, 0.15) is 0 Å². The highest BCUT2D eigenvalue weighted by Crippen LogP contribution is 2.25. The Morgan fingerprint density at radius 1 is 0.905 bits per heavy atom. The van der Waals surface area contributed by atoms with E-state index in [-0.39, 0.29) is 0 Å². The van der Waals surface area contributed by atoms with Crippen molar-refractivity contribution in [3.63, 3.8) is 0 Å². The Morgan fingerprint density at radius 3 is 2.19 bits per heavy atom. The average Bonchev–Trinajstić information content (AvgIpc) is 2.48. The van der Waals surface area contributed by atoms with E-state index in [1.807, 2.05) is 0 Å². The van der Waals surface area contributed by atoms with Crippen molar-refractivity contribution in [3.05, 3.63) is 70.2 Å². The maximum Gasteiger partial charge on any atom is 0.0292 e. The van der Waals surface area contributed by atoms with Crippen LogP contribution in [0.2, 0.25) is 0 Å². The highest BCUT2D eigenvalue weighted by molar-refractivity contribution is 9.10. The number of halogens is 1. The second-order valence-electron chi connectivity index (χ2n) is 5.95. The van der Waals surface area contributed by atoms with Crippen molar-refractivity contribution in [2.45, 2.75) is 32.7 Å². The van der Waals surface area contributed by atoms with E-state index in [1.165, 1.54) is 11.1 Å². The van der Waals surface area contributed by atoms with Crippen LogP contribution in [0.3, 0.4) is 0 Å². The van der Waals surface area contributed by atoms with Crippen molar-refractivity contribution in [1.29, 1.82) is 0 Å². The molecular weight excluding hydrogens is 322 g/mol. The van der Waals surface area contributed by atoms with Gasteiger partial charge < -0.3 is 5.32 Å². The van der Waals surface area contributed by atoms with Crippen LogP contribution in [0.1, 0.15) is 43.9 Å². The Labute approximate surface area is 136 Å². The summed E-state index contributed by atoms with van der Waals surface area (Å²) in [4.78, 5) is 0. The molecule has 0 saturated heterocycles. The number of rotatable bonds is 6. The highest BCUT2D eigenvalue weighted by atomic mass is 79.9. The van der Waals surface area contributed by atoms with Crippen LogP contribution in [0, 0.1) is 5.92 Å². The van der Waals surface area contributed by atoms with Gasteiger partial charge in [-0.3, -0.25) is 0 Å². The quantitative estimate of drug-likeness (QED) is 0.724. The number of hydrogen-bond donors (Lipinski definition) is 1. The van der Waals surface area contributed by atoms with Crippen molar-refractivity contribution in [2.75, 3.05) is 6.54 Å². The molecule has 2 heteroatoms. The summed E-state index contributed by atoms with van der Waals surface area (Å²) in [7, 11) is 0. The molecule has 2 rings (SSSR count). The SMILES string of the molecule is CC(C)C(CN[C@@H](C)c1cccc(Br)c1)c1ccccc1. The van der Waals surface area contributed by atoms with Crippen LogP contribution in [-0.4, -0.2) is 6.54 Å². The molecule has 0 bridgehead atoms. The van der Waals surface area contributed by atoms with Crippen LogP contribution in [0.5, 0.6) is 0 Å². The van der Waals surface area contributed by atoms with Gasteiger partial charge in [-0.2, -0.15) is 0 Å². The molecule has 0 fully saturated rings. The molecule has 0 aliphatic heterocycles. The minimum atomic E-state index is 0.354. The summed E-state index contributed by atoms with van der Waals surface area (Å²) in [6.45, 7) is 7.81. The van der Waals surface area contributed by atoms with Crippen molar-refractivity contribution < 1.29 is 0 Å². The summed E-state index contributed by atoms with van der Waals surface area (Å²) < 4.78 is 1.14. The zero-order valence-electron chi connectivity index (χ0n) is 13.0. The molecule has 0 saturated carbocycles. The normalized spacial score (nSPS) is 14.1. The second kappa shape index (κ2) is 7.77. The molecule has 0 aliphatic carbocycles. The monoisotopic (exact) mass is 345 g/mol. The first kappa shape index (κ1) is 16.3. The third-order valence-corrected chi connectivity index (χ3v) is 4.52. The molecule has 0 aromatic heterocycles. The van der Waals surface area contributed by atoms with Gasteiger partial charge in [-0.15, -0.1) is 0 Å². The minimum absolute atomic E-state index is 0.354. The number of benzene rings is 2. The van der Waals surface area contributed by atoms with Crippen LogP contribution in [0.4, 0.5) is 0 Å². The van der Waals surface area contributed by atoms with Crippen LogP contribution in [-0.2, 0) is 0 Å². The number of nitrogens with one attached hydrogen (secondary N) is 1. The summed E-state index contributed by atoms with van der Waals surface area (Å²) in [6.07, 6.45) is 0. The molecule has 1 N–H and O–H groups in total. The van der Waals surface area contributed by atoms with Crippen molar-refractivity contribution in [2.24, 2.45) is 5.92 Å². The lowest BCUT2D eigenvalue weighted by Crippen LogP contribution is -2.27. The minimum Gasteiger partial charge on any atom is -0.310 e. The predicted octanol–water partition coefficient (Wildman–Crippen LogP) is 5.54. The molecule has 2 aromatic carbocycles. The molecule has 0 spiro atoms. The standard InChI is InChI=1S/C19H24BrN/c1-14(2)19(16-8-5-4-6-9-16)13-21-15(3)17-10-7-11-18(20)12-17/h4-12,14-15,19,21H,13H2,1-3H3/t15-,19?/m0/s1. The molecule has 0 radical (unpaired) electrons. The van der Waals surface area contributed by atoms with E-state index in [4.69, 9.17) is 0 Å². The molecule has 2 atom stereocenters. The number of hydrogen-bond acceptors (Lipinski definition) is 1. The topological polar surface area (TPSA) is 12.0 Å². The van der Waals surface area contributed by atoms with Crippen LogP contribution in [0.15, 0.2) is 59.1 Å². The van der Waals surface area contributed by atoms with E-state index >= 15 is 0 Å². The van der Waals surface area contributed by atoms with Gasteiger partial charge in [-0.05, 0) is 42.0 Å². The molecule has 1 unspecified atom stereocenters. The lowest BCUT2D eigenvalue weighted by atomic mass is 9.88. The Kier molecular flexibility index (Phi) is 6.01. The fraction of sp³-hybridized carbons (Fsp3) is 0.368. The Balaban J connectivity index is 2.02. The third-order valence-electron chi connectivity index (χ3n) is 4.03. The predicted molar refractivity (Wildman–Crippen MR) is 94.6 cm³/mol. The zero-order valence-corrected chi connectivity index (χ0v) is 14.6. The Hall–Kier alpha value is -1.12. The summed E-state index contributed by atoms with van der Waals surface area (Å²) in [5, 5.41) is 3.69. The van der Waals surface area contributed by atoms with Gasteiger partial charge in [-0.25, -0.2) is 0 Å². The molecule has 1 nitrogen and oxygen atoms in total. The van der Waals surface area contributed by atoms with E-state index in [9.17, 15) is 0 Å². The first-order valence-electron chi connectivity index (χ1n) is 7.61. The Bertz CT molecular complexity index is 551. The van der Waals surface area contributed by atoms with E-state index in [2.05, 4.69) is 96.6 Å². The second-order valence-corrected chi connectivity index (χ2v) is 6.86. The smallest absolute Gasteiger partial charge is 0.0292 e. The summed E-state index contributed by atoms with van der Waals surface area (Å²) in [5.41, 5.74) is 2.74. The molecular formula is C19H24BrN.